The van der Waals surface area contributed by atoms with Crippen LogP contribution >= 0.6 is 0 Å². The van der Waals surface area contributed by atoms with E-state index in [9.17, 15) is 8.42 Å². The topological polar surface area (TPSA) is 87.0 Å². The van der Waals surface area contributed by atoms with E-state index < -0.39 is 9.84 Å². The van der Waals surface area contributed by atoms with Gasteiger partial charge in [-0.2, -0.15) is 0 Å². The van der Waals surface area contributed by atoms with Crippen LogP contribution in [0.5, 0.6) is 5.75 Å². The third-order valence-electron chi connectivity index (χ3n) is 3.57. The average Bonchev–Trinajstić information content (AvgIpc) is 2.85. The molecule has 7 nitrogen and oxygen atoms in total. The molecule has 0 aliphatic carbocycles. The summed E-state index contributed by atoms with van der Waals surface area (Å²) in [5, 5.41) is 7.59. The zero-order valence-electron chi connectivity index (χ0n) is 13.7. The van der Waals surface area contributed by atoms with Crippen molar-refractivity contribution in [2.75, 3.05) is 7.11 Å². The normalized spacial score (nSPS) is 11.5. The fourth-order valence-corrected chi connectivity index (χ4v) is 3.88. The summed E-state index contributed by atoms with van der Waals surface area (Å²) in [6.45, 7) is 9.32. The minimum atomic E-state index is -3.68. The first kappa shape index (κ1) is 17.1. The van der Waals surface area contributed by atoms with Gasteiger partial charge in [0.1, 0.15) is 17.3 Å². The Hall–Kier alpha value is -2.22. The minimum absolute atomic E-state index is 0.0735. The van der Waals surface area contributed by atoms with Gasteiger partial charge in [-0.05, 0) is 20.8 Å². The molecule has 2 heterocycles. The van der Waals surface area contributed by atoms with Gasteiger partial charge in [-0.1, -0.05) is 6.08 Å². The van der Waals surface area contributed by atoms with Crippen molar-refractivity contribution >= 4 is 9.84 Å². The van der Waals surface area contributed by atoms with Crippen LogP contribution in [-0.2, 0) is 22.1 Å². The Balaban J connectivity index is 2.46. The monoisotopic (exact) mass is 336 g/mol. The number of allylic oxidation sites excluding steroid dienone is 1. The fraction of sp³-hybridized carbons (Fsp3) is 0.400. The molecule has 0 aliphatic rings. The number of pyridine rings is 1. The van der Waals surface area contributed by atoms with E-state index in [2.05, 4.69) is 21.8 Å². The molecular formula is C15H20N4O3S. The van der Waals surface area contributed by atoms with Crippen molar-refractivity contribution in [3.63, 3.8) is 0 Å². The molecule has 2 aromatic heterocycles. The lowest BCUT2D eigenvalue weighted by Gasteiger charge is -2.12. The average molecular weight is 336 g/mol. The van der Waals surface area contributed by atoms with Crippen LogP contribution in [0, 0.1) is 20.8 Å². The van der Waals surface area contributed by atoms with Gasteiger partial charge < -0.3 is 4.74 Å². The molecule has 0 atom stereocenters. The summed E-state index contributed by atoms with van der Waals surface area (Å²) >= 11 is 0. The van der Waals surface area contributed by atoms with Crippen LogP contribution in [-0.4, -0.2) is 35.3 Å². The second kappa shape index (κ2) is 6.49. The highest BCUT2D eigenvalue weighted by Crippen LogP contribution is 2.26. The molecule has 2 aromatic rings. The van der Waals surface area contributed by atoms with Gasteiger partial charge in [-0.3, -0.25) is 9.55 Å². The van der Waals surface area contributed by atoms with Gasteiger partial charge >= 0.3 is 0 Å². The van der Waals surface area contributed by atoms with E-state index in [0.29, 0.717) is 29.4 Å². The van der Waals surface area contributed by atoms with Crippen molar-refractivity contribution in [3.05, 3.63) is 41.5 Å². The third-order valence-corrected chi connectivity index (χ3v) is 5.08. The molecule has 0 saturated carbocycles. The quantitative estimate of drug-likeness (QED) is 0.747. The summed E-state index contributed by atoms with van der Waals surface area (Å²) in [6, 6.07) is 0. The number of hydrogen-bond donors (Lipinski definition) is 0. The summed E-state index contributed by atoms with van der Waals surface area (Å²) in [6.07, 6.45) is 3.21. The Labute approximate surface area is 136 Å². The van der Waals surface area contributed by atoms with E-state index in [4.69, 9.17) is 4.74 Å². The summed E-state index contributed by atoms with van der Waals surface area (Å²) in [7, 11) is -2.13. The second-order valence-electron chi connectivity index (χ2n) is 5.23. The Morgan fingerprint density at radius 1 is 1.30 bits per heavy atom. The van der Waals surface area contributed by atoms with Crippen LogP contribution in [0.15, 0.2) is 24.0 Å². The molecule has 0 fully saturated rings. The molecule has 2 rings (SSSR count). The molecule has 8 heteroatoms. The molecule has 0 spiro atoms. The summed E-state index contributed by atoms with van der Waals surface area (Å²) < 4.78 is 32.3. The first-order valence-corrected chi connectivity index (χ1v) is 8.69. The van der Waals surface area contributed by atoms with E-state index in [0.717, 1.165) is 5.56 Å². The van der Waals surface area contributed by atoms with Gasteiger partial charge in [-0.25, -0.2) is 8.42 Å². The summed E-state index contributed by atoms with van der Waals surface area (Å²) in [4.78, 5) is 4.24. The molecule has 0 amide bonds. The van der Waals surface area contributed by atoms with Crippen LogP contribution in [0.1, 0.15) is 22.6 Å². The smallest absolute Gasteiger partial charge is 0.250 e. The number of ether oxygens (including phenoxy) is 1. The predicted molar refractivity (Wildman–Crippen MR) is 86.1 cm³/mol. The molecule has 23 heavy (non-hydrogen) atoms. The van der Waals surface area contributed by atoms with Crippen molar-refractivity contribution in [1.29, 1.82) is 0 Å². The van der Waals surface area contributed by atoms with Crippen LogP contribution in [0.3, 0.4) is 0 Å². The van der Waals surface area contributed by atoms with Crippen molar-refractivity contribution < 1.29 is 13.2 Å². The highest BCUT2D eigenvalue weighted by atomic mass is 32.2. The highest BCUT2D eigenvalue weighted by Gasteiger charge is 2.26. The second-order valence-corrected chi connectivity index (χ2v) is 7.12. The molecule has 0 N–H and O–H groups in total. The lowest BCUT2D eigenvalue weighted by Crippen LogP contribution is -2.15. The van der Waals surface area contributed by atoms with Crippen molar-refractivity contribution in [2.24, 2.45) is 0 Å². The van der Waals surface area contributed by atoms with E-state index in [-0.39, 0.29) is 10.9 Å². The number of aromatic nitrogens is 4. The van der Waals surface area contributed by atoms with E-state index in [1.807, 2.05) is 6.92 Å². The van der Waals surface area contributed by atoms with E-state index >= 15 is 0 Å². The zero-order chi connectivity index (χ0) is 17.2. The summed E-state index contributed by atoms with van der Waals surface area (Å²) in [5.74, 6) is 0.911. The number of sulfone groups is 1. The molecule has 0 radical (unpaired) electrons. The predicted octanol–water partition coefficient (Wildman–Crippen LogP) is 1.77. The molecular weight excluding hydrogens is 316 g/mol. The first-order valence-electron chi connectivity index (χ1n) is 7.04. The van der Waals surface area contributed by atoms with Crippen molar-refractivity contribution in [3.8, 4) is 5.75 Å². The highest BCUT2D eigenvalue weighted by molar-refractivity contribution is 7.90. The zero-order valence-corrected chi connectivity index (χ0v) is 14.5. The molecule has 0 aromatic carbocycles. The maximum atomic E-state index is 12.7. The minimum Gasteiger partial charge on any atom is -0.496 e. The Kier molecular flexibility index (Phi) is 4.84. The maximum absolute atomic E-state index is 12.7. The van der Waals surface area contributed by atoms with Gasteiger partial charge in [-0.15, -0.1) is 16.8 Å². The third kappa shape index (κ3) is 3.26. The van der Waals surface area contributed by atoms with Crippen LogP contribution < -0.4 is 4.74 Å². The van der Waals surface area contributed by atoms with Gasteiger partial charge in [0.15, 0.2) is 0 Å². The van der Waals surface area contributed by atoms with Crippen LogP contribution in [0.4, 0.5) is 0 Å². The maximum Gasteiger partial charge on any atom is 0.250 e. The van der Waals surface area contributed by atoms with Gasteiger partial charge in [0, 0.05) is 23.9 Å². The van der Waals surface area contributed by atoms with Gasteiger partial charge in [0.25, 0.3) is 0 Å². The van der Waals surface area contributed by atoms with E-state index in [1.54, 1.807) is 33.2 Å². The number of rotatable bonds is 6. The molecule has 0 bridgehead atoms. The number of methoxy groups -OCH3 is 1. The Morgan fingerprint density at radius 2 is 2.00 bits per heavy atom. The molecule has 124 valence electrons. The van der Waals surface area contributed by atoms with Crippen molar-refractivity contribution in [1.82, 2.24) is 19.7 Å². The van der Waals surface area contributed by atoms with Crippen LogP contribution in [0.25, 0.3) is 0 Å². The lowest BCUT2D eigenvalue weighted by molar-refractivity contribution is 0.407. The van der Waals surface area contributed by atoms with Crippen molar-refractivity contribution in [2.45, 2.75) is 38.2 Å². The van der Waals surface area contributed by atoms with E-state index in [1.165, 1.54) is 4.57 Å². The molecule has 0 saturated heterocycles. The number of aryl methyl sites for hydroxylation is 2. The lowest BCUT2D eigenvalue weighted by atomic mass is 10.1. The number of hydrogen-bond acceptors (Lipinski definition) is 6. The molecule has 0 unspecified atom stereocenters. The largest absolute Gasteiger partial charge is 0.496 e. The summed E-state index contributed by atoms with van der Waals surface area (Å²) in [5.41, 5.74) is 2.01. The Morgan fingerprint density at radius 3 is 2.61 bits per heavy atom. The molecule has 0 aliphatic heterocycles. The Bertz CT molecular complexity index is 841. The first-order chi connectivity index (χ1) is 10.8. The SMILES string of the molecule is C=CCn1c(C)nnc1S(=O)(=O)Cc1ncc(C)c(OC)c1C. The van der Waals surface area contributed by atoms with Gasteiger partial charge in [0.2, 0.25) is 15.0 Å². The van der Waals surface area contributed by atoms with Crippen LogP contribution in [0.2, 0.25) is 0 Å². The fourth-order valence-electron chi connectivity index (χ4n) is 2.39. The number of nitrogens with zero attached hydrogens (tertiary/aromatic N) is 4. The van der Waals surface area contributed by atoms with Gasteiger partial charge in [0.05, 0.1) is 12.8 Å². The standard InChI is InChI=1S/C15H20N4O3S/c1-6-7-19-12(4)17-18-15(19)23(20,21)9-13-11(3)14(22-5)10(2)8-16-13/h6,8H,1,7,9H2,2-5H3.